The van der Waals surface area contributed by atoms with E-state index in [-0.39, 0.29) is 5.69 Å². The summed E-state index contributed by atoms with van der Waals surface area (Å²) in [7, 11) is 3.20. The van der Waals surface area contributed by atoms with Crippen molar-refractivity contribution in [3.8, 4) is 22.8 Å². The van der Waals surface area contributed by atoms with Crippen LogP contribution < -0.4 is 14.9 Å². The van der Waals surface area contributed by atoms with Crippen molar-refractivity contribution >= 4 is 33.9 Å². The molecular formula is C21H20N4O4S. The van der Waals surface area contributed by atoms with Gasteiger partial charge in [-0.3, -0.25) is 15.5 Å². The fourth-order valence-corrected chi connectivity index (χ4v) is 3.22. The van der Waals surface area contributed by atoms with Gasteiger partial charge in [-0.25, -0.2) is 4.98 Å². The quantitative estimate of drug-likeness (QED) is 0.302. The van der Waals surface area contributed by atoms with Crippen molar-refractivity contribution in [3.63, 3.8) is 0 Å². The first-order valence-electron chi connectivity index (χ1n) is 8.91. The molecule has 0 unspecified atom stereocenters. The lowest BCUT2D eigenvalue weighted by atomic mass is 10.1. The number of methoxy groups -OCH3 is 2. The van der Waals surface area contributed by atoms with Crippen LogP contribution in [-0.2, 0) is 0 Å². The lowest BCUT2D eigenvalue weighted by Gasteiger charge is -2.07. The third kappa shape index (κ3) is 5.21. The molecule has 1 N–H and O–H groups in total. The zero-order chi connectivity index (χ0) is 21.5. The summed E-state index contributed by atoms with van der Waals surface area (Å²) in [5.41, 5.74) is 6.23. The molecule has 0 saturated heterocycles. The zero-order valence-corrected chi connectivity index (χ0v) is 17.5. The molecule has 1 heterocycles. The number of ether oxygens (including phenoxy) is 2. The molecule has 0 aliphatic rings. The first-order valence-corrected chi connectivity index (χ1v) is 9.79. The Morgan fingerprint density at radius 3 is 2.57 bits per heavy atom. The molecule has 9 heteroatoms. The summed E-state index contributed by atoms with van der Waals surface area (Å²) in [5, 5.41) is 17.6. The van der Waals surface area contributed by atoms with Gasteiger partial charge in [0.2, 0.25) is 5.13 Å². The third-order valence-corrected chi connectivity index (χ3v) is 4.88. The third-order valence-electron chi connectivity index (χ3n) is 4.13. The summed E-state index contributed by atoms with van der Waals surface area (Å²) in [4.78, 5) is 14.8. The molecule has 0 spiro atoms. The highest BCUT2D eigenvalue weighted by molar-refractivity contribution is 7.14. The molecule has 8 nitrogen and oxygen atoms in total. The van der Waals surface area contributed by atoms with Gasteiger partial charge in [-0.1, -0.05) is 12.1 Å². The van der Waals surface area contributed by atoms with Crippen LogP contribution in [0.25, 0.3) is 17.3 Å². The topological polar surface area (TPSA) is 98.9 Å². The van der Waals surface area contributed by atoms with Crippen LogP contribution in [0.5, 0.6) is 11.5 Å². The molecule has 0 aliphatic heterocycles. The van der Waals surface area contributed by atoms with Crippen LogP contribution in [-0.4, -0.2) is 29.8 Å². The van der Waals surface area contributed by atoms with Crippen molar-refractivity contribution in [1.82, 2.24) is 4.98 Å². The van der Waals surface area contributed by atoms with Crippen LogP contribution >= 0.6 is 11.3 Å². The molecular weight excluding hydrogens is 404 g/mol. The molecule has 0 saturated carbocycles. The first kappa shape index (κ1) is 21.0. The van der Waals surface area contributed by atoms with Gasteiger partial charge in [0.25, 0.3) is 5.69 Å². The summed E-state index contributed by atoms with van der Waals surface area (Å²) >= 11 is 1.40. The van der Waals surface area contributed by atoms with Gasteiger partial charge in [-0.15, -0.1) is 11.3 Å². The Hall–Kier alpha value is -3.72. The van der Waals surface area contributed by atoms with Crippen LogP contribution in [0.4, 0.5) is 10.8 Å². The van der Waals surface area contributed by atoms with Crippen molar-refractivity contribution in [1.29, 1.82) is 0 Å². The van der Waals surface area contributed by atoms with Gasteiger partial charge in [-0.2, -0.15) is 5.10 Å². The second-order valence-electron chi connectivity index (χ2n) is 6.15. The lowest BCUT2D eigenvalue weighted by molar-refractivity contribution is -0.384. The van der Waals surface area contributed by atoms with E-state index in [2.05, 4.69) is 15.5 Å². The maximum Gasteiger partial charge on any atom is 0.269 e. The number of nitro groups is 1. The lowest BCUT2D eigenvalue weighted by Crippen LogP contribution is -1.94. The molecule has 30 heavy (non-hydrogen) atoms. The van der Waals surface area contributed by atoms with E-state index in [0.29, 0.717) is 16.6 Å². The Morgan fingerprint density at radius 1 is 1.17 bits per heavy atom. The Kier molecular flexibility index (Phi) is 6.76. The van der Waals surface area contributed by atoms with Crippen LogP contribution in [0.1, 0.15) is 12.5 Å². The van der Waals surface area contributed by atoms with Gasteiger partial charge in [-0.05, 0) is 42.8 Å². The number of non-ortho nitro benzene ring substituents is 1. The van der Waals surface area contributed by atoms with Crippen LogP contribution in [0.2, 0.25) is 0 Å². The molecule has 0 atom stereocenters. The Bertz CT molecular complexity index is 1090. The second kappa shape index (κ2) is 9.66. The number of nitrogens with one attached hydrogen (secondary N) is 1. The average molecular weight is 424 g/mol. The minimum atomic E-state index is -0.426. The molecule has 3 aromatic rings. The summed E-state index contributed by atoms with van der Waals surface area (Å²) in [6.07, 6.45) is 3.80. The summed E-state index contributed by atoms with van der Waals surface area (Å²) in [6.45, 7) is 1.87. The Labute approximate surface area is 177 Å². The van der Waals surface area contributed by atoms with E-state index in [9.17, 15) is 10.1 Å². The molecule has 0 aliphatic carbocycles. The summed E-state index contributed by atoms with van der Waals surface area (Å²) < 4.78 is 10.5. The van der Waals surface area contributed by atoms with E-state index in [1.54, 1.807) is 26.4 Å². The highest BCUT2D eigenvalue weighted by Gasteiger charge is 2.08. The van der Waals surface area contributed by atoms with Gasteiger partial charge in [0.15, 0.2) is 11.5 Å². The van der Waals surface area contributed by atoms with E-state index in [4.69, 9.17) is 9.47 Å². The molecule has 3 rings (SSSR count). The number of thiazole rings is 1. The number of hydrogen-bond donors (Lipinski definition) is 1. The number of hydrazone groups is 1. The van der Waals surface area contributed by atoms with Gasteiger partial charge in [0.05, 0.1) is 30.5 Å². The van der Waals surface area contributed by atoms with E-state index < -0.39 is 4.92 Å². The minimum absolute atomic E-state index is 0.0498. The number of benzene rings is 2. The molecule has 0 fully saturated rings. The molecule has 154 valence electrons. The number of nitrogens with zero attached hydrogens (tertiary/aromatic N) is 3. The maximum absolute atomic E-state index is 10.8. The second-order valence-corrected chi connectivity index (χ2v) is 7.01. The maximum atomic E-state index is 10.8. The highest BCUT2D eigenvalue weighted by Crippen LogP contribution is 2.28. The standard InChI is InChI=1S/C21H20N4O4S/c1-14(4-5-15-6-11-19(28-2)20(12-15)29-3)23-24-21-22-18(13-30-21)16-7-9-17(10-8-16)25(26)27/h4-13H,1-3H3,(H,22,24)/b5-4+,23-14+. The van der Waals surface area contributed by atoms with Crippen LogP contribution in [0, 0.1) is 10.1 Å². The SMILES string of the molecule is COc1ccc(/C=C/C(C)=N/Nc2nc(-c3ccc([N+](=O)[O-])cc3)cs2)cc1OC. The van der Waals surface area contributed by atoms with Crippen molar-refractivity contribution in [3.05, 3.63) is 69.6 Å². The normalized spacial score (nSPS) is 11.5. The van der Waals surface area contributed by atoms with E-state index in [1.165, 1.54) is 23.5 Å². The van der Waals surface area contributed by atoms with Gasteiger partial charge in [0, 0.05) is 23.1 Å². The average Bonchev–Trinajstić information content (AvgIpc) is 3.25. The highest BCUT2D eigenvalue weighted by atomic mass is 32.1. The fourth-order valence-electron chi connectivity index (χ4n) is 2.56. The molecule has 0 bridgehead atoms. The number of aromatic nitrogens is 1. The van der Waals surface area contributed by atoms with Crippen molar-refractivity contribution < 1.29 is 14.4 Å². The monoisotopic (exact) mass is 424 g/mol. The van der Waals surface area contributed by atoms with Gasteiger partial charge in [0.1, 0.15) is 0 Å². The molecule has 2 aromatic carbocycles. The molecule has 0 amide bonds. The van der Waals surface area contributed by atoms with Gasteiger partial charge < -0.3 is 9.47 Å². The number of nitro benzene ring substituents is 1. The minimum Gasteiger partial charge on any atom is -0.493 e. The Balaban J connectivity index is 1.64. The van der Waals surface area contributed by atoms with Gasteiger partial charge >= 0.3 is 0 Å². The Morgan fingerprint density at radius 2 is 1.90 bits per heavy atom. The first-order chi connectivity index (χ1) is 14.5. The smallest absolute Gasteiger partial charge is 0.269 e. The predicted octanol–water partition coefficient (Wildman–Crippen LogP) is 5.24. The molecule has 1 aromatic heterocycles. The van der Waals surface area contributed by atoms with Crippen molar-refractivity contribution in [2.24, 2.45) is 5.10 Å². The fraction of sp³-hybridized carbons (Fsp3) is 0.143. The van der Waals surface area contributed by atoms with Crippen LogP contribution in [0.15, 0.2) is 59.0 Å². The summed E-state index contributed by atoms with van der Waals surface area (Å²) in [5.74, 6) is 1.34. The number of anilines is 1. The van der Waals surface area contributed by atoms with Crippen LogP contribution in [0.3, 0.4) is 0 Å². The number of allylic oxidation sites excluding steroid dienone is 1. The summed E-state index contributed by atoms with van der Waals surface area (Å²) in [6, 6.07) is 11.9. The largest absolute Gasteiger partial charge is 0.493 e. The van der Waals surface area contributed by atoms with E-state index >= 15 is 0 Å². The number of hydrogen-bond acceptors (Lipinski definition) is 8. The van der Waals surface area contributed by atoms with Crippen molar-refractivity contribution in [2.75, 3.05) is 19.6 Å². The molecule has 0 radical (unpaired) electrons. The van der Waals surface area contributed by atoms with Crippen molar-refractivity contribution in [2.45, 2.75) is 6.92 Å². The zero-order valence-electron chi connectivity index (χ0n) is 16.7. The number of rotatable bonds is 8. The predicted molar refractivity (Wildman–Crippen MR) is 120 cm³/mol. The van der Waals surface area contributed by atoms with E-state index in [1.807, 2.05) is 42.7 Å². The van der Waals surface area contributed by atoms with E-state index in [0.717, 1.165) is 22.5 Å².